The lowest BCUT2D eigenvalue weighted by Crippen LogP contribution is -2.46. The molecule has 1 aliphatic rings. The van der Waals surface area contributed by atoms with Crippen LogP contribution in [0.3, 0.4) is 0 Å². The Bertz CT molecular complexity index is 652. The molecule has 0 radical (unpaired) electrons. The number of carbonyl (C=O) groups excluding carboxylic acids is 1. The summed E-state index contributed by atoms with van der Waals surface area (Å²) in [7, 11) is 0. The zero-order valence-corrected chi connectivity index (χ0v) is 12.9. The van der Waals surface area contributed by atoms with Gasteiger partial charge in [0.2, 0.25) is 5.91 Å². The molecule has 1 aromatic heterocycles. The summed E-state index contributed by atoms with van der Waals surface area (Å²) in [4.78, 5) is 20.6. The number of hydrogen-bond acceptors (Lipinski definition) is 5. The van der Waals surface area contributed by atoms with Crippen LogP contribution in [0.5, 0.6) is 0 Å². The summed E-state index contributed by atoms with van der Waals surface area (Å²) < 4.78 is 5.34. The molecule has 1 fully saturated rings. The second-order valence-corrected chi connectivity index (χ2v) is 5.76. The molecular weight excluding hydrogens is 292 g/mol. The van der Waals surface area contributed by atoms with E-state index in [4.69, 9.17) is 10.5 Å². The molecular formula is C17H20N4O2. The van der Waals surface area contributed by atoms with Crippen LogP contribution >= 0.6 is 0 Å². The van der Waals surface area contributed by atoms with E-state index in [1.54, 1.807) is 12.4 Å². The van der Waals surface area contributed by atoms with Crippen LogP contribution in [0.2, 0.25) is 0 Å². The van der Waals surface area contributed by atoms with Crippen molar-refractivity contribution in [3.63, 3.8) is 0 Å². The molecule has 0 spiro atoms. The van der Waals surface area contributed by atoms with Crippen LogP contribution < -0.4 is 11.1 Å². The van der Waals surface area contributed by atoms with Crippen LogP contribution in [0.25, 0.3) is 11.1 Å². The first-order chi connectivity index (χ1) is 11.2. The quantitative estimate of drug-likeness (QED) is 0.899. The van der Waals surface area contributed by atoms with Crippen LogP contribution in [0.15, 0.2) is 43.0 Å². The molecule has 1 saturated heterocycles. The van der Waals surface area contributed by atoms with Crippen molar-refractivity contribution in [1.29, 1.82) is 0 Å². The molecule has 6 heteroatoms. The molecule has 120 valence electrons. The third-order valence-electron chi connectivity index (χ3n) is 4.36. The Hall–Kier alpha value is -2.31. The Kier molecular flexibility index (Phi) is 4.64. The van der Waals surface area contributed by atoms with Gasteiger partial charge >= 0.3 is 0 Å². The second-order valence-electron chi connectivity index (χ2n) is 5.76. The number of nitrogens with one attached hydrogen (secondary N) is 1. The van der Waals surface area contributed by atoms with Gasteiger partial charge in [0, 0.05) is 43.4 Å². The maximum absolute atomic E-state index is 12.6. The van der Waals surface area contributed by atoms with E-state index < -0.39 is 5.41 Å². The van der Waals surface area contributed by atoms with Crippen LogP contribution in [0.1, 0.15) is 12.8 Å². The van der Waals surface area contributed by atoms with E-state index in [1.165, 1.54) is 6.33 Å². The number of benzene rings is 1. The van der Waals surface area contributed by atoms with Gasteiger partial charge < -0.3 is 15.8 Å². The number of carbonyl (C=O) groups is 1. The van der Waals surface area contributed by atoms with Crippen molar-refractivity contribution in [1.82, 2.24) is 9.97 Å². The van der Waals surface area contributed by atoms with Crippen molar-refractivity contribution in [2.45, 2.75) is 12.8 Å². The third kappa shape index (κ3) is 3.38. The van der Waals surface area contributed by atoms with Crippen LogP contribution in [0.4, 0.5) is 5.69 Å². The Morgan fingerprint density at radius 2 is 1.78 bits per heavy atom. The molecule has 0 atom stereocenters. The Balaban J connectivity index is 1.72. The maximum Gasteiger partial charge on any atom is 0.232 e. The van der Waals surface area contributed by atoms with E-state index in [0.29, 0.717) is 32.6 Å². The number of amides is 1. The van der Waals surface area contributed by atoms with Gasteiger partial charge in [0.25, 0.3) is 0 Å². The Labute approximate surface area is 135 Å². The van der Waals surface area contributed by atoms with Gasteiger partial charge in [0.15, 0.2) is 0 Å². The van der Waals surface area contributed by atoms with E-state index >= 15 is 0 Å². The van der Waals surface area contributed by atoms with Crippen molar-refractivity contribution in [2.75, 3.05) is 25.1 Å². The highest BCUT2D eigenvalue weighted by Crippen LogP contribution is 2.31. The summed E-state index contributed by atoms with van der Waals surface area (Å²) in [6, 6.07) is 7.63. The lowest BCUT2D eigenvalue weighted by molar-refractivity contribution is -0.130. The summed E-state index contributed by atoms with van der Waals surface area (Å²) in [6.07, 6.45) is 6.33. The molecule has 3 N–H and O–H groups in total. The van der Waals surface area contributed by atoms with Crippen molar-refractivity contribution in [2.24, 2.45) is 11.1 Å². The van der Waals surface area contributed by atoms with E-state index in [2.05, 4.69) is 15.3 Å². The minimum absolute atomic E-state index is 0.0286. The number of nitrogens with zero attached hydrogens (tertiary/aromatic N) is 2. The molecule has 1 aromatic carbocycles. The lowest BCUT2D eigenvalue weighted by Gasteiger charge is -2.34. The predicted molar refractivity (Wildman–Crippen MR) is 87.6 cm³/mol. The summed E-state index contributed by atoms with van der Waals surface area (Å²) in [5.74, 6) is -0.0286. The van der Waals surface area contributed by atoms with Crippen LogP contribution in [0, 0.1) is 5.41 Å². The van der Waals surface area contributed by atoms with E-state index in [-0.39, 0.29) is 5.91 Å². The normalized spacial score (nSPS) is 16.7. The minimum atomic E-state index is -0.524. The first-order valence-corrected chi connectivity index (χ1v) is 7.68. The van der Waals surface area contributed by atoms with Gasteiger partial charge in [0.1, 0.15) is 6.33 Å². The SMILES string of the molecule is NCC1(C(=O)Nc2ccc(-c3cncnc3)cc2)CCOCC1. The van der Waals surface area contributed by atoms with E-state index in [9.17, 15) is 4.79 Å². The summed E-state index contributed by atoms with van der Waals surface area (Å²) in [6.45, 7) is 1.50. The highest BCUT2D eigenvalue weighted by atomic mass is 16.5. The molecule has 1 amide bonds. The largest absolute Gasteiger partial charge is 0.381 e. The van der Waals surface area contributed by atoms with Crippen molar-refractivity contribution in [3.05, 3.63) is 43.0 Å². The summed E-state index contributed by atoms with van der Waals surface area (Å²) >= 11 is 0. The predicted octanol–water partition coefficient (Wildman–Crippen LogP) is 1.84. The first-order valence-electron chi connectivity index (χ1n) is 7.68. The smallest absolute Gasteiger partial charge is 0.232 e. The standard InChI is InChI=1S/C17H20N4O2/c18-11-17(5-7-23-8-6-17)16(22)21-15-3-1-13(2-4-15)14-9-19-12-20-10-14/h1-4,9-10,12H,5-8,11,18H2,(H,21,22). The zero-order chi connectivity index (χ0) is 16.1. The molecule has 1 aliphatic heterocycles. The van der Waals surface area contributed by atoms with Gasteiger partial charge in [-0.25, -0.2) is 9.97 Å². The maximum atomic E-state index is 12.6. The van der Waals surface area contributed by atoms with Gasteiger partial charge in [-0.2, -0.15) is 0 Å². The third-order valence-corrected chi connectivity index (χ3v) is 4.36. The van der Waals surface area contributed by atoms with Crippen molar-refractivity contribution < 1.29 is 9.53 Å². The molecule has 0 bridgehead atoms. The van der Waals surface area contributed by atoms with E-state index in [0.717, 1.165) is 16.8 Å². The number of ether oxygens (including phenoxy) is 1. The zero-order valence-electron chi connectivity index (χ0n) is 12.9. The molecule has 23 heavy (non-hydrogen) atoms. The molecule has 2 aromatic rings. The van der Waals surface area contributed by atoms with Gasteiger partial charge in [0.05, 0.1) is 5.41 Å². The average Bonchev–Trinajstić information content (AvgIpc) is 2.63. The van der Waals surface area contributed by atoms with Gasteiger partial charge in [-0.15, -0.1) is 0 Å². The minimum Gasteiger partial charge on any atom is -0.381 e. The Morgan fingerprint density at radius 1 is 1.13 bits per heavy atom. The highest BCUT2D eigenvalue weighted by Gasteiger charge is 2.38. The number of nitrogens with two attached hydrogens (primary N) is 1. The molecule has 0 aliphatic carbocycles. The molecule has 3 rings (SSSR count). The summed E-state index contributed by atoms with van der Waals surface area (Å²) in [5, 5.41) is 2.98. The molecule has 6 nitrogen and oxygen atoms in total. The van der Waals surface area contributed by atoms with Gasteiger partial charge in [-0.3, -0.25) is 4.79 Å². The topological polar surface area (TPSA) is 90.1 Å². The number of anilines is 1. The highest BCUT2D eigenvalue weighted by molar-refractivity contribution is 5.95. The van der Waals surface area contributed by atoms with Crippen molar-refractivity contribution >= 4 is 11.6 Å². The molecule has 0 unspecified atom stereocenters. The van der Waals surface area contributed by atoms with Gasteiger partial charge in [-0.1, -0.05) is 12.1 Å². The monoisotopic (exact) mass is 312 g/mol. The number of rotatable bonds is 4. The lowest BCUT2D eigenvalue weighted by atomic mass is 9.79. The fourth-order valence-corrected chi connectivity index (χ4v) is 2.74. The first kappa shape index (κ1) is 15.6. The second kappa shape index (κ2) is 6.85. The van der Waals surface area contributed by atoms with Crippen LogP contribution in [-0.4, -0.2) is 35.6 Å². The Morgan fingerprint density at radius 3 is 2.39 bits per heavy atom. The van der Waals surface area contributed by atoms with E-state index in [1.807, 2.05) is 24.3 Å². The number of hydrogen-bond donors (Lipinski definition) is 2. The van der Waals surface area contributed by atoms with Crippen LogP contribution in [-0.2, 0) is 9.53 Å². The summed E-state index contributed by atoms with van der Waals surface area (Å²) in [5.41, 5.74) is 8.04. The van der Waals surface area contributed by atoms with Gasteiger partial charge in [-0.05, 0) is 30.5 Å². The number of aromatic nitrogens is 2. The molecule has 2 heterocycles. The molecule has 0 saturated carbocycles. The van der Waals surface area contributed by atoms with Crippen molar-refractivity contribution in [3.8, 4) is 11.1 Å². The fraction of sp³-hybridized carbons (Fsp3) is 0.353. The fourth-order valence-electron chi connectivity index (χ4n) is 2.74. The average molecular weight is 312 g/mol.